The molecule has 8 nitrogen and oxygen atoms in total. The molecule has 0 bridgehead atoms. The van der Waals surface area contributed by atoms with E-state index in [1.165, 1.54) is 11.4 Å². The Hall–Kier alpha value is -2.63. The average molecular weight is 464 g/mol. The number of hydrogen-bond acceptors (Lipinski definition) is 6. The number of nitrogens with one attached hydrogen (secondary N) is 2. The van der Waals surface area contributed by atoms with Crippen molar-refractivity contribution in [2.75, 3.05) is 13.2 Å². The summed E-state index contributed by atoms with van der Waals surface area (Å²) in [4.78, 5) is 35.8. The third-order valence-electron chi connectivity index (χ3n) is 4.97. The maximum Gasteiger partial charge on any atom is 0.405 e. The molecule has 0 radical (unpaired) electrons. The van der Waals surface area contributed by atoms with E-state index in [0.717, 1.165) is 0 Å². The fourth-order valence-corrected chi connectivity index (χ4v) is 5.74. The summed E-state index contributed by atoms with van der Waals surface area (Å²) in [5.41, 5.74) is 1.15. The maximum atomic E-state index is 13.4. The number of imide groups is 1. The average Bonchev–Trinajstić information content (AvgIpc) is 3.17. The van der Waals surface area contributed by atoms with Gasteiger partial charge >= 0.3 is 18.2 Å². The predicted octanol–water partition coefficient (Wildman–Crippen LogP) is 2.32. The lowest BCUT2D eigenvalue weighted by molar-refractivity contribution is -0.150. The minimum Gasteiger partial charge on any atom is -0.454 e. The monoisotopic (exact) mass is 464 g/mol. The Morgan fingerprint density at radius 2 is 1.74 bits per heavy atom. The van der Waals surface area contributed by atoms with Crippen LogP contribution in [0.25, 0.3) is 0 Å². The van der Waals surface area contributed by atoms with Crippen molar-refractivity contribution in [3.05, 3.63) is 29.3 Å². The number of carbonyl (C=O) groups is 3. The minimum absolute atomic E-state index is 0.00216. The number of sulfone groups is 1. The molecule has 31 heavy (non-hydrogen) atoms. The molecule has 0 heterocycles. The van der Waals surface area contributed by atoms with Gasteiger partial charge in [-0.3, -0.25) is 14.9 Å². The van der Waals surface area contributed by atoms with Gasteiger partial charge in [-0.15, -0.1) is 0 Å². The highest BCUT2D eigenvalue weighted by molar-refractivity contribution is 7.93. The Morgan fingerprint density at radius 3 is 2.32 bits per heavy atom. The second kappa shape index (κ2) is 9.25. The molecule has 2 N–H and O–H groups in total. The number of amides is 3. The van der Waals surface area contributed by atoms with Crippen LogP contribution in [-0.2, 0) is 24.2 Å². The van der Waals surface area contributed by atoms with Gasteiger partial charge in [0.2, 0.25) is 0 Å². The van der Waals surface area contributed by atoms with Crippen LogP contribution in [0.1, 0.15) is 36.8 Å². The van der Waals surface area contributed by atoms with Crippen LogP contribution in [0.2, 0.25) is 0 Å². The zero-order chi connectivity index (χ0) is 23.4. The molecular formula is C19H23F3N2O6S. The van der Waals surface area contributed by atoms with Crippen molar-refractivity contribution in [3.63, 3.8) is 0 Å². The number of benzene rings is 1. The topological polar surface area (TPSA) is 119 Å². The van der Waals surface area contributed by atoms with Crippen LogP contribution in [0.3, 0.4) is 0 Å². The first kappa shape index (κ1) is 24.6. The SMILES string of the molecule is Cc1ccc(C)c(S(=O)(=O)C2(C(=O)OCC(=O)NC(=O)NCC(F)(F)F)CCCC2)c1. The first-order chi connectivity index (χ1) is 14.3. The quantitative estimate of drug-likeness (QED) is 0.624. The number of urea groups is 1. The van der Waals surface area contributed by atoms with Crippen LogP contribution < -0.4 is 10.6 Å². The van der Waals surface area contributed by atoms with Crippen LogP contribution in [0.5, 0.6) is 0 Å². The Labute approximate surface area is 177 Å². The molecule has 172 valence electrons. The van der Waals surface area contributed by atoms with Crippen molar-refractivity contribution in [3.8, 4) is 0 Å². The van der Waals surface area contributed by atoms with E-state index >= 15 is 0 Å². The van der Waals surface area contributed by atoms with Crippen molar-refractivity contribution < 1.29 is 40.7 Å². The normalized spacial score (nSPS) is 15.9. The second-order valence-electron chi connectivity index (χ2n) is 7.40. The number of aryl methyl sites for hydroxylation is 2. The van der Waals surface area contributed by atoms with Crippen molar-refractivity contribution in [2.45, 2.75) is 55.3 Å². The van der Waals surface area contributed by atoms with E-state index in [4.69, 9.17) is 4.74 Å². The summed E-state index contributed by atoms with van der Waals surface area (Å²) in [7, 11) is -4.16. The Kier molecular flexibility index (Phi) is 7.35. The molecule has 1 aromatic rings. The van der Waals surface area contributed by atoms with Crippen LogP contribution in [0.15, 0.2) is 23.1 Å². The minimum atomic E-state index is -4.66. The van der Waals surface area contributed by atoms with E-state index < -0.39 is 51.8 Å². The van der Waals surface area contributed by atoms with Gasteiger partial charge in [0.1, 0.15) is 6.54 Å². The molecule has 1 aliphatic rings. The highest BCUT2D eigenvalue weighted by Crippen LogP contribution is 2.42. The van der Waals surface area contributed by atoms with E-state index in [1.807, 2.05) is 0 Å². The number of halogens is 3. The first-order valence-corrected chi connectivity index (χ1v) is 10.9. The molecule has 0 aromatic heterocycles. The van der Waals surface area contributed by atoms with Crippen molar-refractivity contribution in [2.24, 2.45) is 0 Å². The van der Waals surface area contributed by atoms with Gasteiger partial charge < -0.3 is 10.1 Å². The van der Waals surface area contributed by atoms with Gasteiger partial charge in [0, 0.05) is 0 Å². The number of ether oxygens (including phenoxy) is 1. The largest absolute Gasteiger partial charge is 0.454 e. The highest BCUT2D eigenvalue weighted by atomic mass is 32.2. The molecule has 2 rings (SSSR count). The van der Waals surface area contributed by atoms with E-state index in [2.05, 4.69) is 0 Å². The van der Waals surface area contributed by atoms with Gasteiger partial charge in [-0.1, -0.05) is 25.0 Å². The predicted molar refractivity (Wildman–Crippen MR) is 103 cm³/mol. The maximum absolute atomic E-state index is 13.4. The van der Waals surface area contributed by atoms with Crippen molar-refractivity contribution >= 4 is 27.7 Å². The van der Waals surface area contributed by atoms with Gasteiger partial charge in [0.15, 0.2) is 21.2 Å². The Morgan fingerprint density at radius 1 is 1.13 bits per heavy atom. The van der Waals surface area contributed by atoms with Gasteiger partial charge in [-0.2, -0.15) is 13.2 Å². The standard InChI is InChI=1S/C19H23F3N2O6S/c1-12-5-6-13(2)14(9-12)31(28,29)18(7-3-4-8-18)16(26)30-10-15(25)24-17(27)23-11-19(20,21)22/h5-6,9H,3-4,7-8,10-11H2,1-2H3,(H2,23,24,25,27). The summed E-state index contributed by atoms with van der Waals surface area (Å²) in [5, 5.41) is 3.01. The van der Waals surface area contributed by atoms with E-state index in [1.54, 1.807) is 31.3 Å². The number of esters is 1. The van der Waals surface area contributed by atoms with Gasteiger partial charge in [0.05, 0.1) is 4.90 Å². The molecule has 0 aliphatic heterocycles. The second-order valence-corrected chi connectivity index (χ2v) is 9.62. The lowest BCUT2D eigenvalue weighted by Crippen LogP contribution is -2.48. The van der Waals surface area contributed by atoms with Gasteiger partial charge in [-0.25, -0.2) is 13.2 Å². The Bertz CT molecular complexity index is 969. The molecule has 3 amide bonds. The molecular weight excluding hydrogens is 441 g/mol. The lowest BCUT2D eigenvalue weighted by Gasteiger charge is -2.27. The molecule has 0 spiro atoms. The third-order valence-corrected chi connectivity index (χ3v) is 7.59. The van der Waals surface area contributed by atoms with E-state index in [9.17, 15) is 36.0 Å². The summed E-state index contributed by atoms with van der Waals surface area (Å²) in [5.74, 6) is -2.32. The third kappa shape index (κ3) is 5.75. The summed E-state index contributed by atoms with van der Waals surface area (Å²) >= 11 is 0. The first-order valence-electron chi connectivity index (χ1n) is 9.42. The molecule has 1 aliphatic carbocycles. The van der Waals surface area contributed by atoms with Crippen molar-refractivity contribution in [1.82, 2.24) is 10.6 Å². The fourth-order valence-electron chi connectivity index (χ4n) is 3.39. The molecule has 12 heteroatoms. The molecule has 1 aromatic carbocycles. The lowest BCUT2D eigenvalue weighted by atomic mass is 10.1. The van der Waals surface area contributed by atoms with Crippen molar-refractivity contribution in [1.29, 1.82) is 0 Å². The number of alkyl halides is 3. The molecule has 0 saturated heterocycles. The number of carbonyl (C=O) groups excluding carboxylic acids is 3. The summed E-state index contributed by atoms with van der Waals surface area (Å²) < 4.78 is 66.0. The summed E-state index contributed by atoms with van der Waals surface area (Å²) in [6.45, 7) is 0.658. The summed E-state index contributed by atoms with van der Waals surface area (Å²) in [6.07, 6.45) is -3.72. The fraction of sp³-hybridized carbons (Fsp3) is 0.526. The summed E-state index contributed by atoms with van der Waals surface area (Å²) in [6, 6.07) is 3.41. The van der Waals surface area contributed by atoms with E-state index in [-0.39, 0.29) is 17.7 Å². The van der Waals surface area contributed by atoms with Crippen LogP contribution in [-0.4, -0.2) is 50.4 Å². The number of hydrogen-bond donors (Lipinski definition) is 2. The molecule has 1 saturated carbocycles. The Balaban J connectivity index is 2.11. The zero-order valence-electron chi connectivity index (χ0n) is 17.0. The van der Waals surface area contributed by atoms with E-state index in [0.29, 0.717) is 24.0 Å². The zero-order valence-corrected chi connectivity index (χ0v) is 17.8. The number of rotatable bonds is 6. The van der Waals surface area contributed by atoms with Gasteiger partial charge in [-0.05, 0) is 43.9 Å². The van der Waals surface area contributed by atoms with Crippen LogP contribution >= 0.6 is 0 Å². The molecule has 1 fully saturated rings. The molecule has 0 atom stereocenters. The van der Waals surface area contributed by atoms with Crippen LogP contribution in [0.4, 0.5) is 18.0 Å². The molecule has 0 unspecified atom stereocenters. The van der Waals surface area contributed by atoms with Gasteiger partial charge in [0.25, 0.3) is 5.91 Å². The van der Waals surface area contributed by atoms with Crippen LogP contribution in [0, 0.1) is 13.8 Å². The smallest absolute Gasteiger partial charge is 0.405 e. The highest BCUT2D eigenvalue weighted by Gasteiger charge is 2.54.